The second-order valence-corrected chi connectivity index (χ2v) is 6.23. The maximum absolute atomic E-state index is 12.3. The molecule has 0 aliphatic carbocycles. The fourth-order valence-electron chi connectivity index (χ4n) is 3.23. The number of nitrogens with zero attached hydrogens (tertiary/aromatic N) is 2. The number of carbonyl (C=O) groups excluding carboxylic acids is 2. The fraction of sp³-hybridized carbons (Fsp3) is 0.529. The highest BCUT2D eigenvalue weighted by Gasteiger charge is 2.27. The Labute approximate surface area is 136 Å². The number of ketones is 1. The molecule has 0 unspecified atom stereocenters. The molecule has 0 aromatic heterocycles. The Kier molecular flexibility index (Phi) is 4.93. The minimum atomic E-state index is -0.0650. The molecule has 0 radical (unpaired) electrons. The Morgan fingerprint density at radius 3 is 2.39 bits per heavy atom. The smallest absolute Gasteiger partial charge is 0.321 e. The molecule has 2 fully saturated rings. The van der Waals surface area contributed by atoms with Crippen LogP contribution in [0, 0.1) is 0 Å². The van der Waals surface area contributed by atoms with Gasteiger partial charge in [-0.2, -0.15) is 0 Å². The molecule has 2 N–H and O–H groups in total. The van der Waals surface area contributed by atoms with E-state index in [0.29, 0.717) is 11.6 Å². The van der Waals surface area contributed by atoms with Crippen molar-refractivity contribution in [2.75, 3.05) is 44.6 Å². The molecule has 1 aromatic rings. The van der Waals surface area contributed by atoms with Crippen LogP contribution in [0.4, 0.5) is 10.5 Å². The topological polar surface area (TPSA) is 64.7 Å². The van der Waals surface area contributed by atoms with E-state index < -0.39 is 0 Å². The summed E-state index contributed by atoms with van der Waals surface area (Å²) in [5, 5.41) is 6.30. The summed E-state index contributed by atoms with van der Waals surface area (Å²) in [7, 11) is 0. The van der Waals surface area contributed by atoms with Gasteiger partial charge in [-0.05, 0) is 44.2 Å². The third kappa shape index (κ3) is 3.89. The van der Waals surface area contributed by atoms with E-state index in [9.17, 15) is 9.59 Å². The summed E-state index contributed by atoms with van der Waals surface area (Å²) in [6.07, 6.45) is 1.20. The maximum atomic E-state index is 12.3. The zero-order chi connectivity index (χ0) is 16.2. The number of urea groups is 1. The molecule has 124 valence electrons. The first-order valence-electron chi connectivity index (χ1n) is 8.25. The lowest BCUT2D eigenvalue weighted by molar-refractivity contribution is 0.101. The minimum absolute atomic E-state index is 0.0281. The molecule has 0 saturated carbocycles. The molecule has 6 nitrogen and oxygen atoms in total. The Morgan fingerprint density at radius 1 is 1.13 bits per heavy atom. The van der Waals surface area contributed by atoms with Crippen molar-refractivity contribution in [1.29, 1.82) is 0 Å². The molecular weight excluding hydrogens is 292 g/mol. The van der Waals surface area contributed by atoms with E-state index in [-0.39, 0.29) is 11.8 Å². The molecule has 23 heavy (non-hydrogen) atoms. The standard InChI is InChI=1S/C17H24N4O2/c1-13(22)14-2-4-15(5-3-14)19-17(23)21-10-8-20(9-11-21)16-6-7-18-12-16/h2-5,16,18H,6-12H2,1H3,(H,19,23)/t16-/m1/s1. The first kappa shape index (κ1) is 16.0. The number of anilines is 1. The van der Waals surface area contributed by atoms with Crippen LogP contribution in [0.1, 0.15) is 23.7 Å². The lowest BCUT2D eigenvalue weighted by atomic mass is 10.1. The van der Waals surface area contributed by atoms with Crippen LogP contribution in [-0.2, 0) is 0 Å². The van der Waals surface area contributed by atoms with Gasteiger partial charge < -0.3 is 15.5 Å². The van der Waals surface area contributed by atoms with E-state index in [1.54, 1.807) is 24.3 Å². The van der Waals surface area contributed by atoms with Crippen molar-refractivity contribution in [3.05, 3.63) is 29.8 Å². The van der Waals surface area contributed by atoms with Crippen LogP contribution in [0.25, 0.3) is 0 Å². The first-order valence-corrected chi connectivity index (χ1v) is 8.25. The molecule has 2 heterocycles. The third-order valence-electron chi connectivity index (χ3n) is 4.69. The summed E-state index contributed by atoms with van der Waals surface area (Å²) in [4.78, 5) is 27.9. The maximum Gasteiger partial charge on any atom is 0.321 e. The molecule has 6 heteroatoms. The fourth-order valence-corrected chi connectivity index (χ4v) is 3.23. The Morgan fingerprint density at radius 2 is 1.83 bits per heavy atom. The van der Waals surface area contributed by atoms with Gasteiger partial charge in [0, 0.05) is 50.0 Å². The van der Waals surface area contributed by atoms with Crippen molar-refractivity contribution in [3.63, 3.8) is 0 Å². The van der Waals surface area contributed by atoms with Crippen LogP contribution < -0.4 is 10.6 Å². The van der Waals surface area contributed by atoms with Crippen molar-refractivity contribution >= 4 is 17.5 Å². The summed E-state index contributed by atoms with van der Waals surface area (Å²) in [5.74, 6) is 0.0281. The SMILES string of the molecule is CC(=O)c1ccc(NC(=O)N2CCN([C@@H]3CCNC3)CC2)cc1. The largest absolute Gasteiger partial charge is 0.322 e. The van der Waals surface area contributed by atoms with Gasteiger partial charge in [0.1, 0.15) is 0 Å². The van der Waals surface area contributed by atoms with Gasteiger partial charge in [0.25, 0.3) is 0 Å². The summed E-state index contributed by atoms with van der Waals surface area (Å²) in [6, 6.07) is 7.58. The number of rotatable bonds is 3. The van der Waals surface area contributed by atoms with E-state index >= 15 is 0 Å². The highest BCUT2D eigenvalue weighted by Crippen LogP contribution is 2.14. The van der Waals surface area contributed by atoms with E-state index in [1.165, 1.54) is 13.3 Å². The van der Waals surface area contributed by atoms with E-state index in [0.717, 1.165) is 45.0 Å². The average molecular weight is 316 g/mol. The minimum Gasteiger partial charge on any atom is -0.322 e. The molecular formula is C17H24N4O2. The van der Waals surface area contributed by atoms with Crippen LogP contribution in [-0.4, -0.2) is 66.9 Å². The summed E-state index contributed by atoms with van der Waals surface area (Å²) in [6.45, 7) is 7.08. The van der Waals surface area contributed by atoms with Crippen molar-refractivity contribution in [2.24, 2.45) is 0 Å². The molecule has 2 aliphatic heterocycles. The van der Waals surface area contributed by atoms with E-state index in [2.05, 4.69) is 15.5 Å². The third-order valence-corrected chi connectivity index (χ3v) is 4.69. The number of nitrogens with one attached hydrogen (secondary N) is 2. The number of piperazine rings is 1. The van der Waals surface area contributed by atoms with Gasteiger partial charge in [0.2, 0.25) is 0 Å². The average Bonchev–Trinajstić information content (AvgIpc) is 3.10. The molecule has 1 aromatic carbocycles. The van der Waals surface area contributed by atoms with Crippen LogP contribution in [0.3, 0.4) is 0 Å². The van der Waals surface area contributed by atoms with Gasteiger partial charge in [-0.25, -0.2) is 4.79 Å². The van der Waals surface area contributed by atoms with Gasteiger partial charge in [-0.15, -0.1) is 0 Å². The van der Waals surface area contributed by atoms with Crippen LogP contribution in [0.15, 0.2) is 24.3 Å². The zero-order valence-electron chi connectivity index (χ0n) is 13.5. The van der Waals surface area contributed by atoms with E-state index in [4.69, 9.17) is 0 Å². The van der Waals surface area contributed by atoms with Crippen molar-refractivity contribution < 1.29 is 9.59 Å². The number of carbonyl (C=O) groups is 2. The van der Waals surface area contributed by atoms with Gasteiger partial charge >= 0.3 is 6.03 Å². The quantitative estimate of drug-likeness (QED) is 0.828. The normalized spacial score (nSPS) is 22.1. The lowest BCUT2D eigenvalue weighted by Gasteiger charge is -2.37. The predicted octanol–water partition coefficient (Wildman–Crippen LogP) is 1.40. The monoisotopic (exact) mass is 316 g/mol. The zero-order valence-corrected chi connectivity index (χ0v) is 13.5. The Hall–Kier alpha value is -1.92. The lowest BCUT2D eigenvalue weighted by Crippen LogP contribution is -2.53. The predicted molar refractivity (Wildman–Crippen MR) is 89.9 cm³/mol. The number of benzene rings is 1. The van der Waals surface area contributed by atoms with Gasteiger partial charge in [-0.1, -0.05) is 0 Å². The molecule has 2 amide bonds. The molecule has 0 bridgehead atoms. The van der Waals surface area contributed by atoms with Crippen molar-refractivity contribution in [1.82, 2.24) is 15.1 Å². The molecule has 2 saturated heterocycles. The second-order valence-electron chi connectivity index (χ2n) is 6.23. The van der Waals surface area contributed by atoms with Crippen molar-refractivity contribution in [2.45, 2.75) is 19.4 Å². The second kappa shape index (κ2) is 7.10. The van der Waals surface area contributed by atoms with Gasteiger partial charge in [-0.3, -0.25) is 9.69 Å². The first-order chi connectivity index (χ1) is 11.1. The summed E-state index contributed by atoms with van der Waals surface area (Å²) in [5.41, 5.74) is 1.38. The summed E-state index contributed by atoms with van der Waals surface area (Å²) >= 11 is 0. The highest BCUT2D eigenvalue weighted by atomic mass is 16.2. The van der Waals surface area contributed by atoms with Gasteiger partial charge in [0.15, 0.2) is 5.78 Å². The number of hydrogen-bond acceptors (Lipinski definition) is 4. The molecule has 1 atom stereocenters. The van der Waals surface area contributed by atoms with E-state index in [1.807, 2.05) is 4.90 Å². The summed E-state index contributed by atoms with van der Waals surface area (Å²) < 4.78 is 0. The molecule has 2 aliphatic rings. The number of amides is 2. The Balaban J connectivity index is 1.50. The van der Waals surface area contributed by atoms with Gasteiger partial charge in [0.05, 0.1) is 0 Å². The van der Waals surface area contributed by atoms with Crippen molar-refractivity contribution in [3.8, 4) is 0 Å². The van der Waals surface area contributed by atoms with Crippen LogP contribution in [0.2, 0.25) is 0 Å². The highest BCUT2D eigenvalue weighted by molar-refractivity contribution is 5.95. The number of Topliss-reactive ketones (excluding diaryl/α,β-unsaturated/α-hetero) is 1. The molecule has 0 spiro atoms. The van der Waals surface area contributed by atoms with Crippen LogP contribution in [0.5, 0.6) is 0 Å². The number of hydrogen-bond donors (Lipinski definition) is 2. The van der Waals surface area contributed by atoms with Crippen LogP contribution >= 0.6 is 0 Å². The molecule has 3 rings (SSSR count). The Bertz CT molecular complexity index is 558.